The quantitative estimate of drug-likeness (QED) is 0.852. The lowest BCUT2D eigenvalue weighted by atomic mass is 10.2. The Morgan fingerprint density at radius 3 is 2.48 bits per heavy atom. The van der Waals surface area contributed by atoms with E-state index in [1.54, 1.807) is 12.1 Å². The lowest BCUT2D eigenvalue weighted by molar-refractivity contribution is 0.350. The van der Waals surface area contributed by atoms with Crippen molar-refractivity contribution in [2.75, 3.05) is 11.3 Å². The van der Waals surface area contributed by atoms with E-state index in [9.17, 15) is 12.8 Å². The fraction of sp³-hybridized carbons (Fsp3) is 0.0667. The minimum atomic E-state index is -3.97. The minimum Gasteiger partial charge on any atom is -0.384 e. The molecule has 0 bridgehead atoms. The van der Waals surface area contributed by atoms with Gasteiger partial charge in [-0.2, -0.15) is 0 Å². The largest absolute Gasteiger partial charge is 0.384 e. The van der Waals surface area contributed by atoms with E-state index in [1.807, 2.05) is 0 Å². The molecule has 0 heterocycles. The van der Waals surface area contributed by atoms with E-state index in [0.717, 1.165) is 6.07 Å². The van der Waals surface area contributed by atoms with Gasteiger partial charge in [-0.1, -0.05) is 36.1 Å². The Morgan fingerprint density at radius 2 is 1.76 bits per heavy atom. The van der Waals surface area contributed by atoms with Crippen molar-refractivity contribution in [1.29, 1.82) is 0 Å². The fourth-order valence-electron chi connectivity index (χ4n) is 1.68. The van der Waals surface area contributed by atoms with Crippen molar-refractivity contribution < 1.29 is 17.9 Å². The highest BCUT2D eigenvalue weighted by Crippen LogP contribution is 2.21. The predicted octanol–water partition coefficient (Wildman–Crippen LogP) is 1.97. The van der Waals surface area contributed by atoms with Crippen LogP contribution in [-0.2, 0) is 10.0 Å². The van der Waals surface area contributed by atoms with E-state index in [4.69, 9.17) is 5.11 Å². The molecule has 0 saturated carbocycles. The maximum atomic E-state index is 13.6. The Kier molecular flexibility index (Phi) is 4.58. The summed E-state index contributed by atoms with van der Waals surface area (Å²) >= 11 is 0. The molecule has 0 amide bonds. The first-order valence-electron chi connectivity index (χ1n) is 6.01. The van der Waals surface area contributed by atoms with E-state index in [1.165, 1.54) is 30.3 Å². The highest BCUT2D eigenvalue weighted by molar-refractivity contribution is 7.92. The van der Waals surface area contributed by atoms with Crippen molar-refractivity contribution >= 4 is 15.7 Å². The number of hydrogen-bond donors (Lipinski definition) is 2. The number of hydrogen-bond acceptors (Lipinski definition) is 3. The van der Waals surface area contributed by atoms with Crippen molar-refractivity contribution in [2.24, 2.45) is 0 Å². The highest BCUT2D eigenvalue weighted by atomic mass is 32.2. The Balaban J connectivity index is 2.43. The molecule has 0 saturated heterocycles. The first kappa shape index (κ1) is 15.0. The lowest BCUT2D eigenvalue weighted by Crippen LogP contribution is -2.15. The summed E-state index contributed by atoms with van der Waals surface area (Å²) < 4.78 is 40.4. The van der Waals surface area contributed by atoms with Gasteiger partial charge in [0.2, 0.25) is 0 Å². The summed E-state index contributed by atoms with van der Waals surface area (Å²) in [6.07, 6.45) is 0. The molecule has 0 aromatic heterocycles. The van der Waals surface area contributed by atoms with Gasteiger partial charge in [-0.3, -0.25) is 4.72 Å². The van der Waals surface area contributed by atoms with Gasteiger partial charge in [0.05, 0.1) is 5.69 Å². The van der Waals surface area contributed by atoms with Crippen LogP contribution in [0.4, 0.5) is 10.1 Å². The third-order valence-corrected chi connectivity index (χ3v) is 4.02. The summed E-state index contributed by atoms with van der Waals surface area (Å²) in [5.41, 5.74) is 0.0952. The number of rotatable bonds is 3. The zero-order chi connectivity index (χ0) is 15.3. The van der Waals surface area contributed by atoms with Gasteiger partial charge in [-0.25, -0.2) is 12.8 Å². The second kappa shape index (κ2) is 6.39. The van der Waals surface area contributed by atoms with Crippen molar-refractivity contribution in [1.82, 2.24) is 0 Å². The summed E-state index contributed by atoms with van der Waals surface area (Å²) in [5.74, 6) is 4.28. The van der Waals surface area contributed by atoms with Gasteiger partial charge < -0.3 is 5.11 Å². The number of aliphatic hydroxyl groups excluding tert-OH is 1. The van der Waals surface area contributed by atoms with E-state index in [-0.39, 0.29) is 22.8 Å². The molecule has 21 heavy (non-hydrogen) atoms. The molecule has 2 N–H and O–H groups in total. The zero-order valence-electron chi connectivity index (χ0n) is 10.9. The first-order valence-corrected chi connectivity index (χ1v) is 7.49. The van der Waals surface area contributed by atoms with Gasteiger partial charge in [0.25, 0.3) is 10.0 Å². The third kappa shape index (κ3) is 3.60. The van der Waals surface area contributed by atoms with Gasteiger partial charge in [0, 0.05) is 5.56 Å². The summed E-state index contributed by atoms with van der Waals surface area (Å²) in [7, 11) is -3.97. The molecule has 0 unspecified atom stereocenters. The molecule has 0 spiro atoms. The van der Waals surface area contributed by atoms with Gasteiger partial charge in [0.15, 0.2) is 0 Å². The second-order valence-corrected chi connectivity index (χ2v) is 5.69. The molecule has 4 nitrogen and oxygen atoms in total. The smallest absolute Gasteiger partial charge is 0.263 e. The fourth-order valence-corrected chi connectivity index (χ4v) is 2.91. The van der Waals surface area contributed by atoms with Crippen molar-refractivity contribution in [3.63, 3.8) is 0 Å². The van der Waals surface area contributed by atoms with E-state index in [0.29, 0.717) is 0 Å². The molecule has 6 heteroatoms. The van der Waals surface area contributed by atoms with E-state index in [2.05, 4.69) is 16.6 Å². The summed E-state index contributed by atoms with van der Waals surface area (Å²) in [4.78, 5) is -0.0748. The molecular weight excluding hydrogens is 293 g/mol. The van der Waals surface area contributed by atoms with Crippen LogP contribution >= 0.6 is 0 Å². The zero-order valence-corrected chi connectivity index (χ0v) is 11.7. The molecule has 2 aromatic rings. The SMILES string of the molecule is O=S(=O)(Nc1ccccc1F)c1ccccc1C#CCO. The van der Waals surface area contributed by atoms with Crippen LogP contribution in [0.2, 0.25) is 0 Å². The summed E-state index contributed by atoms with van der Waals surface area (Å²) in [6.45, 7) is -0.380. The monoisotopic (exact) mass is 305 g/mol. The predicted molar refractivity (Wildman–Crippen MR) is 77.6 cm³/mol. The normalized spacial score (nSPS) is 10.6. The average Bonchev–Trinajstić information content (AvgIpc) is 2.47. The Hall–Kier alpha value is -2.36. The number of nitrogens with one attached hydrogen (secondary N) is 1. The molecule has 0 fully saturated rings. The number of sulfonamides is 1. The third-order valence-electron chi connectivity index (χ3n) is 2.60. The molecule has 108 valence electrons. The molecular formula is C15H12FNO3S. The second-order valence-electron chi connectivity index (χ2n) is 4.04. The Morgan fingerprint density at radius 1 is 1.10 bits per heavy atom. The van der Waals surface area contributed by atoms with Crippen LogP contribution in [0, 0.1) is 17.7 Å². The van der Waals surface area contributed by atoms with Gasteiger partial charge in [-0.05, 0) is 24.3 Å². The van der Waals surface area contributed by atoms with Gasteiger partial charge in [-0.15, -0.1) is 0 Å². The summed E-state index contributed by atoms with van der Waals surface area (Å²) in [6, 6.07) is 11.5. The number of para-hydroxylation sites is 1. The van der Waals surface area contributed by atoms with Crippen LogP contribution in [0.5, 0.6) is 0 Å². The maximum Gasteiger partial charge on any atom is 0.263 e. The molecule has 0 atom stereocenters. The maximum absolute atomic E-state index is 13.6. The van der Waals surface area contributed by atoms with Crippen LogP contribution < -0.4 is 4.72 Å². The topological polar surface area (TPSA) is 66.4 Å². The van der Waals surface area contributed by atoms with Crippen LogP contribution in [0.15, 0.2) is 53.4 Å². The van der Waals surface area contributed by atoms with E-state index >= 15 is 0 Å². The molecule has 2 rings (SSSR count). The van der Waals surface area contributed by atoms with Crippen LogP contribution in [0.1, 0.15) is 5.56 Å². The molecule has 2 aromatic carbocycles. The van der Waals surface area contributed by atoms with Crippen molar-refractivity contribution in [2.45, 2.75) is 4.90 Å². The number of aliphatic hydroxyl groups is 1. The molecule has 0 aliphatic heterocycles. The van der Waals surface area contributed by atoms with Gasteiger partial charge in [0.1, 0.15) is 17.3 Å². The van der Waals surface area contributed by atoms with Gasteiger partial charge >= 0.3 is 0 Å². The number of benzene rings is 2. The average molecular weight is 305 g/mol. The van der Waals surface area contributed by atoms with Crippen LogP contribution in [-0.4, -0.2) is 20.1 Å². The molecule has 0 radical (unpaired) electrons. The highest BCUT2D eigenvalue weighted by Gasteiger charge is 2.18. The van der Waals surface area contributed by atoms with E-state index < -0.39 is 15.8 Å². The summed E-state index contributed by atoms with van der Waals surface area (Å²) in [5, 5.41) is 8.70. The molecule has 0 aliphatic carbocycles. The first-order chi connectivity index (χ1) is 10.0. The Labute approximate surface area is 122 Å². The number of halogens is 1. The molecule has 0 aliphatic rings. The standard InChI is InChI=1S/C15H12FNO3S/c16-13-8-2-3-9-14(13)17-21(19,20)15-10-4-1-6-12(15)7-5-11-18/h1-4,6,8-10,17-18H,11H2. The van der Waals surface area contributed by atoms with Crippen LogP contribution in [0.3, 0.4) is 0 Å². The minimum absolute atomic E-state index is 0.0748. The lowest BCUT2D eigenvalue weighted by Gasteiger charge is -2.10. The van der Waals surface area contributed by atoms with Crippen LogP contribution in [0.25, 0.3) is 0 Å². The van der Waals surface area contributed by atoms with Crippen molar-refractivity contribution in [3.8, 4) is 11.8 Å². The van der Waals surface area contributed by atoms with Crippen molar-refractivity contribution in [3.05, 3.63) is 59.9 Å². The Bertz CT molecular complexity index is 807. The number of anilines is 1.